The zero-order chi connectivity index (χ0) is 28.1. The van der Waals surface area contributed by atoms with Gasteiger partial charge in [0.1, 0.15) is 5.82 Å². The van der Waals surface area contributed by atoms with Crippen molar-refractivity contribution in [2.45, 2.75) is 45.2 Å². The van der Waals surface area contributed by atoms with Gasteiger partial charge in [0.2, 0.25) is 0 Å². The van der Waals surface area contributed by atoms with Crippen LogP contribution in [0.15, 0.2) is 82.1 Å². The topological polar surface area (TPSA) is 58.4 Å². The monoisotopic (exact) mass is 620 g/mol. The van der Waals surface area contributed by atoms with Crippen LogP contribution in [0.3, 0.4) is 0 Å². The number of nitrogens with zero attached hydrogens (tertiary/aromatic N) is 4. The van der Waals surface area contributed by atoms with E-state index in [2.05, 4.69) is 27.8 Å². The highest BCUT2D eigenvalue weighted by molar-refractivity contribution is 9.10. The molecule has 2 heterocycles. The second-order valence-electron chi connectivity index (χ2n) is 10.3. The van der Waals surface area contributed by atoms with Crippen LogP contribution in [0.25, 0.3) is 10.9 Å². The summed E-state index contributed by atoms with van der Waals surface area (Å²) < 4.78 is 2.66. The molecule has 0 N–H and O–H groups in total. The minimum atomic E-state index is -0.402. The Kier molecular flexibility index (Phi) is 9.35. The summed E-state index contributed by atoms with van der Waals surface area (Å²) in [7, 11) is 0. The van der Waals surface area contributed by atoms with Crippen LogP contribution in [0.4, 0.5) is 0 Å². The average molecular weight is 622 g/mol. The Balaban J connectivity index is 1.61. The van der Waals surface area contributed by atoms with Crippen LogP contribution < -0.4 is 5.56 Å². The third kappa shape index (κ3) is 6.48. The molecule has 4 aromatic rings. The van der Waals surface area contributed by atoms with Gasteiger partial charge in [-0.2, -0.15) is 0 Å². The number of benzene rings is 3. The molecule has 0 saturated carbocycles. The van der Waals surface area contributed by atoms with Gasteiger partial charge in [-0.15, -0.1) is 0 Å². The smallest absolute Gasteiger partial charge is 0.261 e. The molecular formula is C32H34BrClN4O2. The maximum atomic E-state index is 14.1. The Morgan fingerprint density at radius 1 is 1.02 bits per heavy atom. The largest absolute Gasteiger partial charge is 0.327 e. The molecular weight excluding hydrogens is 588 g/mol. The highest BCUT2D eigenvalue weighted by Crippen LogP contribution is 2.28. The molecule has 0 radical (unpaired) electrons. The van der Waals surface area contributed by atoms with E-state index in [-0.39, 0.29) is 11.5 Å². The quantitative estimate of drug-likeness (QED) is 0.203. The Labute approximate surface area is 248 Å². The summed E-state index contributed by atoms with van der Waals surface area (Å²) in [6.45, 7) is 5.83. The second kappa shape index (κ2) is 13.1. The van der Waals surface area contributed by atoms with Crippen molar-refractivity contribution in [2.24, 2.45) is 0 Å². The fourth-order valence-electron chi connectivity index (χ4n) is 5.52. The molecule has 0 aliphatic carbocycles. The van der Waals surface area contributed by atoms with Gasteiger partial charge in [0.05, 0.1) is 23.5 Å². The number of rotatable bonds is 9. The standard InChI is InChI=1S/C32H34BrClN4O2/c1-2-29(37(20-19-36-17-7-4-8-18-36)31(39)24-11-13-25(33)14-12-24)30-35-28-21-26(34)15-16-27(28)32(40)38(30)22-23-9-5-3-6-10-23/h3,5-6,9-16,21,29H,2,4,7-8,17-20,22H2,1H3. The van der Waals surface area contributed by atoms with Crippen LogP contribution in [0.5, 0.6) is 0 Å². The van der Waals surface area contributed by atoms with E-state index < -0.39 is 6.04 Å². The van der Waals surface area contributed by atoms with E-state index >= 15 is 0 Å². The molecule has 208 valence electrons. The molecule has 1 aliphatic heterocycles. The lowest BCUT2D eigenvalue weighted by atomic mass is 10.1. The van der Waals surface area contributed by atoms with Gasteiger partial charge in [0, 0.05) is 28.1 Å². The number of carbonyl (C=O) groups is 1. The van der Waals surface area contributed by atoms with Gasteiger partial charge in [-0.25, -0.2) is 4.98 Å². The number of hydrogen-bond donors (Lipinski definition) is 0. The molecule has 3 aromatic carbocycles. The molecule has 1 fully saturated rings. The van der Waals surface area contributed by atoms with Crippen molar-refractivity contribution in [1.82, 2.24) is 19.4 Å². The molecule has 1 aromatic heterocycles. The van der Waals surface area contributed by atoms with Gasteiger partial charge >= 0.3 is 0 Å². The number of fused-ring (bicyclic) bond motifs is 1. The number of carbonyl (C=O) groups excluding carboxylic acids is 1. The van der Waals surface area contributed by atoms with Crippen LogP contribution in [-0.2, 0) is 6.54 Å². The van der Waals surface area contributed by atoms with Crippen molar-refractivity contribution in [3.05, 3.63) is 110 Å². The maximum Gasteiger partial charge on any atom is 0.261 e. The Morgan fingerprint density at radius 3 is 2.45 bits per heavy atom. The Hall–Kier alpha value is -3.00. The van der Waals surface area contributed by atoms with Crippen LogP contribution in [0, 0.1) is 0 Å². The number of hydrogen-bond acceptors (Lipinski definition) is 4. The number of aromatic nitrogens is 2. The van der Waals surface area contributed by atoms with Crippen molar-refractivity contribution in [2.75, 3.05) is 26.2 Å². The number of amides is 1. The molecule has 1 amide bonds. The summed E-state index contributed by atoms with van der Waals surface area (Å²) >= 11 is 9.81. The summed E-state index contributed by atoms with van der Waals surface area (Å²) in [5.74, 6) is 0.512. The van der Waals surface area contributed by atoms with Crippen LogP contribution in [-0.4, -0.2) is 51.4 Å². The van der Waals surface area contributed by atoms with Gasteiger partial charge in [-0.1, -0.05) is 71.2 Å². The summed E-state index contributed by atoms with van der Waals surface area (Å²) in [5, 5.41) is 1.03. The summed E-state index contributed by atoms with van der Waals surface area (Å²) in [6, 6.07) is 22.2. The number of likely N-dealkylation sites (tertiary alicyclic amines) is 1. The van der Waals surface area contributed by atoms with Gasteiger partial charge in [0.25, 0.3) is 11.5 Å². The lowest BCUT2D eigenvalue weighted by Gasteiger charge is -2.35. The molecule has 8 heteroatoms. The first-order valence-electron chi connectivity index (χ1n) is 14.0. The average Bonchev–Trinajstić information content (AvgIpc) is 2.98. The Bertz CT molecular complexity index is 1520. The fraction of sp³-hybridized carbons (Fsp3) is 0.344. The fourth-order valence-corrected chi connectivity index (χ4v) is 5.95. The molecule has 1 atom stereocenters. The van der Waals surface area contributed by atoms with Crippen molar-refractivity contribution < 1.29 is 4.79 Å². The summed E-state index contributed by atoms with van der Waals surface area (Å²) in [4.78, 5) is 37.5. The van der Waals surface area contributed by atoms with Crippen LogP contribution in [0.2, 0.25) is 5.02 Å². The zero-order valence-electron chi connectivity index (χ0n) is 22.7. The molecule has 1 unspecified atom stereocenters. The SMILES string of the molecule is CCC(c1nc2cc(Cl)ccc2c(=O)n1Cc1ccccc1)N(CCN1CCCCC1)C(=O)c1ccc(Br)cc1. The minimum Gasteiger partial charge on any atom is -0.327 e. The van der Waals surface area contributed by atoms with Crippen molar-refractivity contribution in [1.29, 1.82) is 0 Å². The first kappa shape index (κ1) is 28.5. The van der Waals surface area contributed by atoms with E-state index in [1.54, 1.807) is 22.8 Å². The lowest BCUT2D eigenvalue weighted by Crippen LogP contribution is -2.44. The molecule has 5 rings (SSSR count). The summed E-state index contributed by atoms with van der Waals surface area (Å²) in [5.41, 5.74) is 2.02. The molecule has 6 nitrogen and oxygen atoms in total. The third-order valence-corrected chi connectivity index (χ3v) is 8.41. The van der Waals surface area contributed by atoms with Gasteiger partial charge < -0.3 is 9.80 Å². The highest BCUT2D eigenvalue weighted by Gasteiger charge is 2.30. The van der Waals surface area contributed by atoms with Crippen molar-refractivity contribution in [3.63, 3.8) is 0 Å². The maximum absolute atomic E-state index is 14.1. The van der Waals surface area contributed by atoms with Gasteiger partial charge in [-0.05, 0) is 80.4 Å². The first-order chi connectivity index (χ1) is 19.4. The van der Waals surface area contributed by atoms with E-state index in [9.17, 15) is 9.59 Å². The molecule has 1 aliphatic rings. The van der Waals surface area contributed by atoms with Crippen molar-refractivity contribution >= 4 is 44.3 Å². The van der Waals surface area contributed by atoms with E-state index in [1.807, 2.05) is 59.5 Å². The third-order valence-electron chi connectivity index (χ3n) is 7.65. The normalized spacial score (nSPS) is 14.8. The zero-order valence-corrected chi connectivity index (χ0v) is 25.1. The lowest BCUT2D eigenvalue weighted by molar-refractivity contribution is 0.0621. The number of halogens is 2. The molecule has 40 heavy (non-hydrogen) atoms. The Morgan fingerprint density at radius 2 is 1.75 bits per heavy atom. The predicted molar refractivity (Wildman–Crippen MR) is 165 cm³/mol. The van der Waals surface area contributed by atoms with E-state index in [0.29, 0.717) is 46.8 Å². The van der Waals surface area contributed by atoms with E-state index in [4.69, 9.17) is 16.6 Å². The van der Waals surface area contributed by atoms with Gasteiger partial charge in [-0.3, -0.25) is 14.2 Å². The number of piperidine rings is 1. The first-order valence-corrected chi connectivity index (χ1v) is 15.1. The minimum absolute atomic E-state index is 0.0666. The van der Waals surface area contributed by atoms with Crippen LogP contribution in [0.1, 0.15) is 60.4 Å². The molecule has 0 spiro atoms. The van der Waals surface area contributed by atoms with E-state index in [1.165, 1.54) is 19.3 Å². The predicted octanol–water partition coefficient (Wildman–Crippen LogP) is 6.94. The van der Waals surface area contributed by atoms with Crippen LogP contribution >= 0.6 is 27.5 Å². The molecule has 0 bridgehead atoms. The molecule has 1 saturated heterocycles. The van der Waals surface area contributed by atoms with Crippen molar-refractivity contribution in [3.8, 4) is 0 Å². The summed E-state index contributed by atoms with van der Waals surface area (Å²) in [6.07, 6.45) is 4.23. The second-order valence-corrected chi connectivity index (χ2v) is 11.7. The van der Waals surface area contributed by atoms with Gasteiger partial charge in [0.15, 0.2) is 0 Å². The highest BCUT2D eigenvalue weighted by atomic mass is 79.9. The van der Waals surface area contributed by atoms with E-state index in [0.717, 1.165) is 29.7 Å².